The number of hydrogen-bond acceptors (Lipinski definition) is 8. The van der Waals surface area contributed by atoms with Crippen LogP contribution >= 0.6 is 45.3 Å². The van der Waals surface area contributed by atoms with Gasteiger partial charge in [0.05, 0.1) is 0 Å². The molecule has 88 heavy (non-hydrogen) atoms. The summed E-state index contributed by atoms with van der Waals surface area (Å²) in [5, 5.41) is 11.3. The van der Waals surface area contributed by atoms with Gasteiger partial charge in [0.1, 0.15) is 0 Å². The van der Waals surface area contributed by atoms with Gasteiger partial charge in [0, 0.05) is 85.5 Å². The summed E-state index contributed by atoms with van der Waals surface area (Å²) in [7, 11) is 0. The number of carbonyl (C=O) groups excluding carboxylic acids is 4. The number of nitrogens with zero attached hydrogens (tertiary/aromatic N) is 2. The molecule has 0 bridgehead atoms. The summed E-state index contributed by atoms with van der Waals surface area (Å²) in [5.41, 5.74) is 4.21. The topological polar surface area (TPSA) is 74.8 Å². The van der Waals surface area contributed by atoms with Gasteiger partial charge in [-0.05, 0) is 129 Å². The SMILES string of the molecule is CCCCCCCCCC(CCCCCCCCC)N1C(=O)c2ccc3c4c(-c5ccc(-c6cccs6)s5)cc5c6c(ccc(c7c(-c8ccc(-c9cccs9)s8)cc(c2c37)C1=O)c64)C(=O)N(C(CCCCCCCCC)CCCCCCCCC)C5=O. The highest BCUT2D eigenvalue weighted by Crippen LogP contribution is 2.54. The number of hydrogen-bond donors (Lipinski definition) is 0. The largest absolute Gasteiger partial charge is 0.271 e. The molecule has 0 saturated heterocycles. The predicted molar refractivity (Wildman–Crippen MR) is 380 cm³/mol. The molecular formula is C78H94N2O4S4. The van der Waals surface area contributed by atoms with Crippen molar-refractivity contribution in [2.75, 3.05) is 0 Å². The number of unbranched alkanes of at least 4 members (excludes halogenated alkanes) is 24. The maximum Gasteiger partial charge on any atom is 0.261 e. The third-order valence-electron chi connectivity index (χ3n) is 19.5. The Morgan fingerprint density at radius 2 is 0.602 bits per heavy atom. The average Bonchev–Trinajstić information content (AvgIpc) is 0.864. The van der Waals surface area contributed by atoms with Gasteiger partial charge in [-0.2, -0.15) is 0 Å². The van der Waals surface area contributed by atoms with Crippen molar-refractivity contribution in [3.63, 3.8) is 0 Å². The number of rotatable bonds is 38. The standard InChI is InChI=1S/C78H94N2O4S4/c1-5-9-13-17-21-25-29-35-53(36-30-26-22-18-14-10-6-2)79-75(81)57-43-41-55-70-60(64-46-48-68(88-64)66-40-34-50-86-66)52-62-72-58(76(82)80(78(62)84)54(37-31-27-23-19-15-11-7-3)38-32-28-24-20-16-12-8-4)44-42-56(74(70)72)69-59(51-61(77(79)83)71(57)73(55)69)63-45-47-67(87-63)65-39-33-49-85-65/h33-34,39-54H,5-32,35-38H2,1-4H3. The molecule has 0 unspecified atom stereocenters. The first-order valence-corrected chi connectivity index (χ1v) is 38.0. The van der Waals surface area contributed by atoms with Crippen LogP contribution < -0.4 is 0 Å². The molecule has 0 aliphatic carbocycles. The number of carbonyl (C=O) groups is 4. The highest BCUT2D eigenvalue weighted by atomic mass is 32.1. The minimum Gasteiger partial charge on any atom is -0.271 e. The Balaban J connectivity index is 1.08. The monoisotopic (exact) mass is 1250 g/mol. The molecule has 5 aromatic carbocycles. The van der Waals surface area contributed by atoms with E-state index in [-0.39, 0.29) is 35.7 Å². The molecule has 0 saturated carbocycles. The summed E-state index contributed by atoms with van der Waals surface area (Å²) < 4.78 is 0. The molecule has 0 atom stereocenters. The molecule has 4 aromatic heterocycles. The smallest absolute Gasteiger partial charge is 0.261 e. The van der Waals surface area contributed by atoms with Crippen LogP contribution in [0.2, 0.25) is 0 Å². The van der Waals surface area contributed by atoms with Gasteiger partial charge in [0.25, 0.3) is 23.6 Å². The van der Waals surface area contributed by atoms with E-state index in [2.05, 4.69) is 111 Å². The van der Waals surface area contributed by atoms with Crippen LogP contribution in [0.4, 0.5) is 0 Å². The van der Waals surface area contributed by atoms with Gasteiger partial charge in [-0.15, -0.1) is 45.3 Å². The van der Waals surface area contributed by atoms with Crippen LogP contribution in [-0.2, 0) is 0 Å². The lowest BCUT2D eigenvalue weighted by Gasteiger charge is -2.36. The zero-order chi connectivity index (χ0) is 60.9. The van der Waals surface area contributed by atoms with E-state index in [0.29, 0.717) is 22.3 Å². The molecule has 9 aromatic rings. The Morgan fingerprint density at radius 1 is 0.295 bits per heavy atom. The molecule has 2 aliphatic heterocycles. The molecular weight excluding hydrogens is 1160 g/mol. The second-order valence-electron chi connectivity index (χ2n) is 25.7. The number of fused-ring (bicyclic) bond motifs is 2. The number of amides is 4. The molecule has 0 fully saturated rings. The van der Waals surface area contributed by atoms with Crippen LogP contribution in [0.1, 0.15) is 275 Å². The quantitative estimate of drug-likeness (QED) is 0.0167. The van der Waals surface area contributed by atoms with Crippen molar-refractivity contribution in [1.82, 2.24) is 9.80 Å². The van der Waals surface area contributed by atoms with Crippen molar-refractivity contribution < 1.29 is 19.2 Å². The van der Waals surface area contributed by atoms with Crippen LogP contribution in [0, 0.1) is 0 Å². The van der Waals surface area contributed by atoms with Crippen molar-refractivity contribution in [2.24, 2.45) is 0 Å². The number of thiophene rings is 4. The van der Waals surface area contributed by atoms with Gasteiger partial charge >= 0.3 is 0 Å². The van der Waals surface area contributed by atoms with Gasteiger partial charge in [-0.25, -0.2) is 0 Å². The Bertz CT molecular complexity index is 3510. The number of benzene rings is 5. The van der Waals surface area contributed by atoms with Crippen molar-refractivity contribution in [2.45, 2.75) is 245 Å². The van der Waals surface area contributed by atoms with Crippen molar-refractivity contribution >= 4 is 112 Å². The second kappa shape index (κ2) is 31.0. The molecule has 6 nitrogen and oxygen atoms in total. The molecule has 0 spiro atoms. The van der Waals surface area contributed by atoms with E-state index >= 15 is 19.2 Å². The third kappa shape index (κ3) is 13.7. The van der Waals surface area contributed by atoms with Gasteiger partial charge in [-0.3, -0.25) is 29.0 Å². The van der Waals surface area contributed by atoms with Crippen molar-refractivity contribution in [3.05, 3.63) is 118 Å². The summed E-state index contributed by atoms with van der Waals surface area (Å²) >= 11 is 6.91. The Morgan fingerprint density at radius 3 is 0.920 bits per heavy atom. The van der Waals surface area contributed by atoms with E-state index < -0.39 is 0 Å². The predicted octanol–water partition coefficient (Wildman–Crippen LogP) is 25.1. The lowest BCUT2D eigenvalue weighted by atomic mass is 9.78. The highest BCUT2D eigenvalue weighted by Gasteiger charge is 2.42. The second-order valence-corrected chi connectivity index (χ2v) is 29.8. The lowest BCUT2D eigenvalue weighted by molar-refractivity contribution is 0.0501. The van der Waals surface area contributed by atoms with Gasteiger partial charge in [0.2, 0.25) is 0 Å². The minimum absolute atomic E-state index is 0.191. The molecule has 0 radical (unpaired) electrons. The van der Waals surface area contributed by atoms with E-state index in [0.717, 1.165) is 151 Å². The molecule has 6 heterocycles. The van der Waals surface area contributed by atoms with Gasteiger partial charge < -0.3 is 0 Å². The van der Waals surface area contributed by atoms with Crippen LogP contribution in [0.15, 0.2) is 95.7 Å². The Labute approximate surface area is 540 Å². The fraction of sp³-hybridized carbons (Fsp3) is 0.487. The normalized spacial score (nSPS) is 13.6. The fourth-order valence-electron chi connectivity index (χ4n) is 14.8. The maximum absolute atomic E-state index is 16.0. The fourth-order valence-corrected chi connectivity index (χ4v) is 18.5. The third-order valence-corrected chi connectivity index (χ3v) is 23.8. The van der Waals surface area contributed by atoms with Gasteiger partial charge in [-0.1, -0.05) is 232 Å². The average molecular weight is 1250 g/mol. The molecule has 10 heteroatoms. The molecule has 11 rings (SSSR count). The maximum atomic E-state index is 16.0. The number of imide groups is 2. The summed E-state index contributed by atoms with van der Waals surface area (Å²) in [5.74, 6) is -0.767. The first kappa shape index (κ1) is 64.0. The van der Waals surface area contributed by atoms with Crippen LogP contribution in [-0.4, -0.2) is 45.5 Å². The summed E-state index contributed by atoms with van der Waals surface area (Å²) in [6.07, 6.45) is 36.2. The zero-order valence-electron chi connectivity index (χ0n) is 53.2. The zero-order valence-corrected chi connectivity index (χ0v) is 56.4. The molecule has 0 N–H and O–H groups in total. The van der Waals surface area contributed by atoms with E-state index in [9.17, 15) is 0 Å². The highest BCUT2D eigenvalue weighted by molar-refractivity contribution is 7.24. The molecule has 2 aliphatic rings. The minimum atomic E-state index is -0.197. The van der Waals surface area contributed by atoms with Crippen molar-refractivity contribution in [1.29, 1.82) is 0 Å². The summed E-state index contributed by atoms with van der Waals surface area (Å²) in [6, 6.07) is 29.5. The summed E-state index contributed by atoms with van der Waals surface area (Å²) in [6.45, 7) is 9.04. The molecule has 464 valence electrons. The van der Waals surface area contributed by atoms with E-state index in [1.54, 1.807) is 55.1 Å². The van der Waals surface area contributed by atoms with Gasteiger partial charge in [0.15, 0.2) is 0 Å². The van der Waals surface area contributed by atoms with Crippen molar-refractivity contribution in [3.8, 4) is 40.4 Å². The van der Waals surface area contributed by atoms with Crippen LogP contribution in [0.5, 0.6) is 0 Å². The van der Waals surface area contributed by atoms with Crippen LogP contribution in [0.25, 0.3) is 83.5 Å². The first-order chi connectivity index (χ1) is 43.3. The summed E-state index contributed by atoms with van der Waals surface area (Å²) in [4.78, 5) is 73.6. The van der Waals surface area contributed by atoms with Crippen LogP contribution in [0.3, 0.4) is 0 Å². The molecule has 4 amide bonds. The Kier molecular flexibility index (Phi) is 22.6. The first-order valence-electron chi connectivity index (χ1n) is 34.6. The van der Waals surface area contributed by atoms with E-state index in [4.69, 9.17) is 0 Å². The van der Waals surface area contributed by atoms with E-state index in [1.807, 2.05) is 12.1 Å². The van der Waals surface area contributed by atoms with E-state index in [1.165, 1.54) is 138 Å². The Hall–Kier alpha value is -5.52. The lowest BCUT2D eigenvalue weighted by Crippen LogP contribution is -2.47.